The second-order valence-electron chi connectivity index (χ2n) is 6.32. The fraction of sp³-hybridized carbons (Fsp3) is 0.444. The molecule has 23 heavy (non-hydrogen) atoms. The largest absolute Gasteiger partial charge is 0.504 e. The van der Waals surface area contributed by atoms with E-state index in [4.69, 9.17) is 4.74 Å². The Hall–Kier alpha value is -1.56. The quantitative estimate of drug-likeness (QED) is 0.933. The van der Waals surface area contributed by atoms with Gasteiger partial charge in [-0.1, -0.05) is 0 Å². The van der Waals surface area contributed by atoms with Gasteiger partial charge in [-0.3, -0.25) is 4.90 Å². The molecule has 1 aromatic carbocycles. The topological polar surface area (TPSA) is 35.9 Å². The Kier molecular flexibility index (Phi) is 4.90. The molecule has 0 fully saturated rings. The highest BCUT2D eigenvalue weighted by atomic mass is 32.1. The summed E-state index contributed by atoms with van der Waals surface area (Å²) in [4.78, 5) is 7.03. The number of thiophene rings is 1. The number of phenolic OH excluding ortho intramolecular Hbond substituents is 1. The number of hydrogen-bond donors (Lipinski definition) is 1. The number of rotatable bonds is 4. The van der Waals surface area contributed by atoms with Crippen LogP contribution in [-0.4, -0.2) is 55.2 Å². The molecular weight excluding hydrogens is 308 g/mol. The van der Waals surface area contributed by atoms with Crippen molar-refractivity contribution >= 4 is 11.3 Å². The van der Waals surface area contributed by atoms with Crippen LogP contribution in [0.25, 0.3) is 10.4 Å². The average Bonchev–Trinajstić information content (AvgIpc) is 2.81. The fourth-order valence-corrected chi connectivity index (χ4v) is 3.67. The van der Waals surface area contributed by atoms with Gasteiger partial charge in [0.15, 0.2) is 11.5 Å². The lowest BCUT2D eigenvalue weighted by molar-refractivity contribution is 0.206. The number of nitrogens with zero attached hydrogens (tertiary/aromatic N) is 2. The summed E-state index contributed by atoms with van der Waals surface area (Å²) in [5.74, 6) is 0.896. The van der Waals surface area contributed by atoms with Crippen LogP contribution in [0.2, 0.25) is 0 Å². The second-order valence-corrected chi connectivity index (χ2v) is 7.61. The molecular formula is C18H24N2O2S. The van der Waals surface area contributed by atoms with E-state index in [9.17, 15) is 5.11 Å². The Morgan fingerprint density at radius 2 is 2.13 bits per heavy atom. The van der Waals surface area contributed by atoms with Gasteiger partial charge in [0.05, 0.1) is 0 Å². The summed E-state index contributed by atoms with van der Waals surface area (Å²) in [5.41, 5.74) is 2.14. The number of hydrogen-bond acceptors (Lipinski definition) is 5. The third-order valence-electron chi connectivity index (χ3n) is 4.08. The van der Waals surface area contributed by atoms with Crippen LogP contribution >= 0.6 is 11.3 Å². The lowest BCUT2D eigenvalue weighted by Crippen LogP contribution is -2.32. The summed E-state index contributed by atoms with van der Waals surface area (Å²) in [6.45, 7) is 6.43. The van der Waals surface area contributed by atoms with E-state index < -0.39 is 0 Å². The predicted octanol–water partition coefficient (Wildman–Crippen LogP) is 3.19. The Balaban J connectivity index is 1.88. The molecule has 2 aromatic rings. The van der Waals surface area contributed by atoms with Gasteiger partial charge in [0.2, 0.25) is 0 Å². The van der Waals surface area contributed by atoms with Crippen LogP contribution in [0.1, 0.15) is 10.4 Å². The summed E-state index contributed by atoms with van der Waals surface area (Å²) < 4.78 is 5.81. The van der Waals surface area contributed by atoms with E-state index >= 15 is 0 Å². The van der Waals surface area contributed by atoms with Crippen molar-refractivity contribution in [2.45, 2.75) is 13.5 Å². The zero-order valence-electron chi connectivity index (χ0n) is 14.0. The normalized spacial score (nSPS) is 15.3. The lowest BCUT2D eigenvalue weighted by atomic mass is 10.1. The molecule has 0 saturated heterocycles. The first-order chi connectivity index (χ1) is 11.0. The minimum atomic E-state index is 0.248. The van der Waals surface area contributed by atoms with E-state index in [2.05, 4.69) is 49.0 Å². The molecule has 1 aromatic heterocycles. The first-order valence-corrected chi connectivity index (χ1v) is 8.77. The Morgan fingerprint density at radius 1 is 1.30 bits per heavy atom. The highest BCUT2D eigenvalue weighted by molar-refractivity contribution is 7.15. The van der Waals surface area contributed by atoms with E-state index in [-0.39, 0.29) is 5.75 Å². The van der Waals surface area contributed by atoms with Crippen molar-refractivity contribution in [2.24, 2.45) is 0 Å². The average molecular weight is 332 g/mol. The molecule has 1 aliphatic rings. The minimum absolute atomic E-state index is 0.248. The van der Waals surface area contributed by atoms with Crippen molar-refractivity contribution in [2.75, 3.05) is 40.3 Å². The van der Waals surface area contributed by atoms with Gasteiger partial charge in [-0.05, 0) is 50.8 Å². The van der Waals surface area contributed by atoms with E-state index in [0.717, 1.165) is 37.3 Å². The Bertz CT molecular complexity index is 682. The monoisotopic (exact) mass is 332 g/mol. The number of ether oxygens (including phenoxy) is 1. The van der Waals surface area contributed by atoms with Crippen LogP contribution in [0.5, 0.6) is 11.5 Å². The molecule has 0 amide bonds. The van der Waals surface area contributed by atoms with E-state index in [1.807, 2.05) is 6.07 Å². The summed E-state index contributed by atoms with van der Waals surface area (Å²) in [6, 6.07) is 8.21. The Labute approximate surface area is 141 Å². The van der Waals surface area contributed by atoms with Crippen molar-refractivity contribution in [3.05, 3.63) is 34.7 Å². The molecule has 5 heteroatoms. The zero-order valence-corrected chi connectivity index (χ0v) is 14.8. The predicted molar refractivity (Wildman–Crippen MR) is 95.5 cm³/mol. The maximum absolute atomic E-state index is 10.4. The Morgan fingerprint density at radius 3 is 2.83 bits per heavy atom. The summed E-state index contributed by atoms with van der Waals surface area (Å²) in [6.07, 6.45) is 0. The molecule has 0 aliphatic carbocycles. The summed E-state index contributed by atoms with van der Waals surface area (Å²) in [7, 11) is 4.18. The third-order valence-corrected chi connectivity index (χ3v) is 5.13. The van der Waals surface area contributed by atoms with Gasteiger partial charge in [0, 0.05) is 41.5 Å². The number of aryl methyl sites for hydroxylation is 1. The van der Waals surface area contributed by atoms with Crippen LogP contribution in [0.3, 0.4) is 0 Å². The number of likely N-dealkylation sites (N-methyl/N-ethyl adjacent to an activating group) is 1. The van der Waals surface area contributed by atoms with Gasteiger partial charge in [-0.25, -0.2) is 0 Å². The maximum Gasteiger partial charge on any atom is 0.165 e. The van der Waals surface area contributed by atoms with Gasteiger partial charge in [-0.2, -0.15) is 0 Å². The molecule has 2 heterocycles. The molecule has 0 bridgehead atoms. The van der Waals surface area contributed by atoms with Crippen LogP contribution in [0, 0.1) is 6.92 Å². The smallest absolute Gasteiger partial charge is 0.165 e. The van der Waals surface area contributed by atoms with Gasteiger partial charge < -0.3 is 14.7 Å². The number of aromatic hydroxyl groups is 1. The highest BCUT2D eigenvalue weighted by Gasteiger charge is 2.20. The van der Waals surface area contributed by atoms with Gasteiger partial charge >= 0.3 is 0 Å². The van der Waals surface area contributed by atoms with Gasteiger partial charge in [-0.15, -0.1) is 11.3 Å². The standard InChI is InChI=1S/C18H24N2O2S/c1-13-4-5-17(23-13)14-10-15-12-20(7-6-19(2)3)8-9-22-18(15)16(21)11-14/h4-5,10-11,21H,6-9,12H2,1-3H3. The van der Waals surface area contributed by atoms with Crippen molar-refractivity contribution in [3.8, 4) is 21.9 Å². The first kappa shape index (κ1) is 16.3. The lowest BCUT2D eigenvalue weighted by Gasteiger charge is -2.21. The van der Waals surface area contributed by atoms with Crippen LogP contribution in [0.15, 0.2) is 24.3 Å². The highest BCUT2D eigenvalue weighted by Crippen LogP contribution is 2.39. The van der Waals surface area contributed by atoms with Crippen LogP contribution < -0.4 is 4.74 Å². The zero-order chi connectivity index (χ0) is 16.4. The third kappa shape index (κ3) is 3.86. The van der Waals surface area contributed by atoms with E-state index in [0.29, 0.717) is 12.4 Å². The second kappa shape index (κ2) is 6.91. The minimum Gasteiger partial charge on any atom is -0.504 e. The van der Waals surface area contributed by atoms with E-state index in [1.165, 1.54) is 9.75 Å². The molecule has 1 N–H and O–H groups in total. The molecule has 0 atom stereocenters. The fourth-order valence-electron chi connectivity index (χ4n) is 2.82. The molecule has 124 valence electrons. The van der Waals surface area contributed by atoms with E-state index in [1.54, 1.807) is 11.3 Å². The number of phenols is 1. The number of benzene rings is 1. The molecule has 0 spiro atoms. The summed E-state index contributed by atoms with van der Waals surface area (Å²) in [5, 5.41) is 10.4. The van der Waals surface area contributed by atoms with Crippen molar-refractivity contribution in [1.29, 1.82) is 0 Å². The summed E-state index contributed by atoms with van der Waals surface area (Å²) >= 11 is 1.75. The van der Waals surface area contributed by atoms with Crippen molar-refractivity contribution < 1.29 is 9.84 Å². The molecule has 0 radical (unpaired) electrons. The maximum atomic E-state index is 10.4. The molecule has 1 aliphatic heterocycles. The molecule has 4 nitrogen and oxygen atoms in total. The van der Waals surface area contributed by atoms with Crippen molar-refractivity contribution in [1.82, 2.24) is 9.80 Å². The van der Waals surface area contributed by atoms with Crippen LogP contribution in [-0.2, 0) is 6.54 Å². The molecule has 0 saturated carbocycles. The van der Waals surface area contributed by atoms with Gasteiger partial charge in [0.25, 0.3) is 0 Å². The van der Waals surface area contributed by atoms with Gasteiger partial charge in [0.1, 0.15) is 6.61 Å². The first-order valence-electron chi connectivity index (χ1n) is 7.95. The van der Waals surface area contributed by atoms with Crippen molar-refractivity contribution in [3.63, 3.8) is 0 Å². The van der Waals surface area contributed by atoms with Crippen LogP contribution in [0.4, 0.5) is 0 Å². The number of fused-ring (bicyclic) bond motifs is 1. The molecule has 3 rings (SSSR count). The molecule has 0 unspecified atom stereocenters. The SMILES string of the molecule is Cc1ccc(-c2cc(O)c3c(c2)CN(CCN(C)C)CCO3)s1.